The van der Waals surface area contributed by atoms with Crippen LogP contribution in [-0.2, 0) is 45.6 Å². The Morgan fingerprint density at radius 2 is 1.33 bits per heavy atom. The predicted molar refractivity (Wildman–Crippen MR) is 231 cm³/mol. The van der Waals surface area contributed by atoms with Crippen LogP contribution >= 0.6 is 15.9 Å². The van der Waals surface area contributed by atoms with E-state index >= 15 is 0 Å². The number of nitriles is 2. The van der Waals surface area contributed by atoms with E-state index in [9.17, 15) is 0 Å². The van der Waals surface area contributed by atoms with Gasteiger partial charge in [-0.25, -0.2) is 15.0 Å². The Bertz CT molecular complexity index is 2650. The molecule has 60 heavy (non-hydrogen) atoms. The second-order valence-corrected chi connectivity index (χ2v) is 15.9. The highest BCUT2D eigenvalue weighted by Gasteiger charge is 2.26. The molecule has 2 aliphatic rings. The summed E-state index contributed by atoms with van der Waals surface area (Å²) < 4.78 is 18.5. The number of nitrogens with zero attached hydrogens (tertiary/aromatic N) is 9. The highest BCUT2D eigenvalue weighted by atomic mass is 79.9. The van der Waals surface area contributed by atoms with Gasteiger partial charge in [0.25, 0.3) is 0 Å². The van der Waals surface area contributed by atoms with E-state index in [0.717, 1.165) is 97.1 Å². The van der Waals surface area contributed by atoms with Crippen molar-refractivity contribution >= 4 is 15.9 Å². The Balaban J connectivity index is 0.000000167. The molecule has 7 aromatic rings. The van der Waals surface area contributed by atoms with E-state index in [1.54, 1.807) is 14.2 Å². The zero-order valence-corrected chi connectivity index (χ0v) is 35.2. The number of hydrogen-bond acceptors (Lipinski definition) is 9. The van der Waals surface area contributed by atoms with Gasteiger partial charge in [-0.2, -0.15) is 10.5 Å². The molecule has 2 aliphatic heterocycles. The van der Waals surface area contributed by atoms with Crippen LogP contribution in [0.4, 0.5) is 0 Å². The van der Waals surface area contributed by atoms with Crippen molar-refractivity contribution < 1.29 is 9.47 Å². The van der Waals surface area contributed by atoms with E-state index in [2.05, 4.69) is 92.3 Å². The van der Waals surface area contributed by atoms with E-state index in [0.29, 0.717) is 11.1 Å². The molecule has 5 heterocycles. The summed E-state index contributed by atoms with van der Waals surface area (Å²) in [7, 11) is 3.35. The number of imidazole rings is 3. The van der Waals surface area contributed by atoms with E-state index in [1.807, 2.05) is 86.0 Å². The summed E-state index contributed by atoms with van der Waals surface area (Å²) in [6.07, 6.45) is 11.5. The minimum absolute atomic E-state index is 0.103. The van der Waals surface area contributed by atoms with Gasteiger partial charge in [0, 0.05) is 68.2 Å². The molecule has 0 bridgehead atoms. The molecular weight excluding hydrogens is 816 g/mol. The highest BCUT2D eigenvalue weighted by molar-refractivity contribution is 9.10. The lowest BCUT2D eigenvalue weighted by Crippen LogP contribution is -2.31. The minimum atomic E-state index is 0.103. The number of rotatable bonds is 11. The van der Waals surface area contributed by atoms with Gasteiger partial charge in [-0.1, -0.05) is 52.3 Å². The Morgan fingerprint density at radius 3 is 1.93 bits per heavy atom. The van der Waals surface area contributed by atoms with Gasteiger partial charge in [0.2, 0.25) is 0 Å². The van der Waals surface area contributed by atoms with Crippen molar-refractivity contribution in [3.05, 3.63) is 182 Å². The van der Waals surface area contributed by atoms with Crippen molar-refractivity contribution in [1.82, 2.24) is 38.9 Å². The zero-order chi connectivity index (χ0) is 41.4. The SMILES string of the molecule is COc1cc2c(cc1OC)CN(Cc1cncn1Cc1ccc(C#N)cc1)CC2.N#Cc1ccc(Cn2cncc2Cn2cnc3c2CCNC3c2cccc(Br)c2)cc1. The fraction of sp³-hybridized carbons (Fsp3) is 0.255. The van der Waals surface area contributed by atoms with Crippen molar-refractivity contribution in [2.24, 2.45) is 0 Å². The molecule has 0 radical (unpaired) electrons. The fourth-order valence-electron chi connectivity index (χ4n) is 7.95. The third-order valence-electron chi connectivity index (χ3n) is 11.1. The van der Waals surface area contributed by atoms with Crippen LogP contribution in [0.5, 0.6) is 11.5 Å². The van der Waals surface area contributed by atoms with Gasteiger partial charge < -0.3 is 28.5 Å². The number of methoxy groups -OCH3 is 2. The van der Waals surface area contributed by atoms with Gasteiger partial charge in [-0.3, -0.25) is 4.90 Å². The number of hydrogen-bond donors (Lipinski definition) is 1. The van der Waals surface area contributed by atoms with Gasteiger partial charge in [-0.15, -0.1) is 0 Å². The van der Waals surface area contributed by atoms with Crippen LogP contribution in [0.2, 0.25) is 0 Å². The number of aromatic nitrogens is 6. The molecule has 0 saturated heterocycles. The monoisotopic (exact) mass is 860 g/mol. The average Bonchev–Trinajstić information content (AvgIpc) is 4.04. The van der Waals surface area contributed by atoms with Crippen molar-refractivity contribution in [2.75, 3.05) is 27.3 Å². The molecular formula is C47H45BrN10O2. The molecule has 1 atom stereocenters. The lowest BCUT2D eigenvalue weighted by molar-refractivity contribution is 0.238. The molecule has 9 rings (SSSR count). The maximum Gasteiger partial charge on any atom is 0.161 e. The largest absolute Gasteiger partial charge is 0.493 e. The molecule has 1 N–H and O–H groups in total. The maximum absolute atomic E-state index is 8.99. The Morgan fingerprint density at radius 1 is 0.717 bits per heavy atom. The maximum atomic E-state index is 8.99. The van der Waals surface area contributed by atoms with Crippen LogP contribution in [0, 0.1) is 22.7 Å². The fourth-order valence-corrected chi connectivity index (χ4v) is 8.37. The van der Waals surface area contributed by atoms with Crippen molar-refractivity contribution in [2.45, 2.75) is 51.6 Å². The third kappa shape index (κ3) is 9.19. The number of benzene rings is 4. The van der Waals surface area contributed by atoms with Crippen LogP contribution in [0.1, 0.15) is 67.8 Å². The van der Waals surface area contributed by atoms with Crippen LogP contribution < -0.4 is 14.8 Å². The third-order valence-corrected chi connectivity index (χ3v) is 11.6. The summed E-state index contributed by atoms with van der Waals surface area (Å²) in [4.78, 5) is 15.9. The van der Waals surface area contributed by atoms with E-state index < -0.39 is 0 Å². The Kier molecular flexibility index (Phi) is 12.5. The molecule has 3 aromatic heterocycles. The van der Waals surface area contributed by atoms with Crippen LogP contribution in [0.3, 0.4) is 0 Å². The molecule has 0 aliphatic carbocycles. The minimum Gasteiger partial charge on any atom is -0.493 e. The van der Waals surface area contributed by atoms with Crippen molar-refractivity contribution in [1.29, 1.82) is 10.5 Å². The summed E-state index contributed by atoms with van der Waals surface area (Å²) in [5.41, 5.74) is 12.2. The van der Waals surface area contributed by atoms with Crippen LogP contribution in [0.15, 0.2) is 121 Å². The predicted octanol–water partition coefficient (Wildman–Crippen LogP) is 7.42. The van der Waals surface area contributed by atoms with Crippen LogP contribution in [-0.4, -0.2) is 60.9 Å². The molecule has 0 saturated carbocycles. The quantitative estimate of drug-likeness (QED) is 0.141. The first-order valence-corrected chi connectivity index (χ1v) is 20.7. The Hall–Kier alpha value is -6.51. The van der Waals surface area contributed by atoms with Crippen LogP contribution in [0.25, 0.3) is 0 Å². The standard InChI is InChI=1S/C24H21BrN6.C23H24N4O2/c25-20-3-1-2-19(10-20)23-24-22(8-9-28-23)31(16-29-24)14-21-12-27-15-30(21)13-18-6-4-17(11-26)5-7-18;1-28-22-9-19-7-8-26(14-20(19)10-23(22)29-2)15-21-12-25-16-27(21)13-18-5-3-17(11-24)4-6-18/h1-7,10,12,15-16,23,28H,8-9,13-14H2;3-6,9-10,12,16H,7-8,13-15H2,1-2H3. The first-order valence-electron chi connectivity index (χ1n) is 19.9. The second-order valence-electron chi connectivity index (χ2n) is 15.0. The molecule has 13 heteroatoms. The molecule has 0 amide bonds. The van der Waals surface area contributed by atoms with E-state index in [1.165, 1.54) is 28.1 Å². The molecule has 4 aromatic carbocycles. The number of nitrogens with one attached hydrogen (secondary N) is 1. The summed E-state index contributed by atoms with van der Waals surface area (Å²) >= 11 is 3.58. The lowest BCUT2D eigenvalue weighted by atomic mass is 9.98. The Labute approximate surface area is 358 Å². The first kappa shape index (κ1) is 40.3. The highest BCUT2D eigenvalue weighted by Crippen LogP contribution is 2.34. The van der Waals surface area contributed by atoms with Gasteiger partial charge in [0.15, 0.2) is 11.5 Å². The smallest absolute Gasteiger partial charge is 0.161 e. The van der Waals surface area contributed by atoms with Crippen molar-refractivity contribution in [3.8, 4) is 23.6 Å². The van der Waals surface area contributed by atoms with Gasteiger partial charge >= 0.3 is 0 Å². The van der Waals surface area contributed by atoms with E-state index in [4.69, 9.17) is 25.0 Å². The van der Waals surface area contributed by atoms with Gasteiger partial charge in [0.1, 0.15) is 0 Å². The van der Waals surface area contributed by atoms with Crippen molar-refractivity contribution in [3.63, 3.8) is 0 Å². The number of halogens is 1. The molecule has 12 nitrogen and oxygen atoms in total. The summed E-state index contributed by atoms with van der Waals surface area (Å²) in [6, 6.07) is 32.4. The van der Waals surface area contributed by atoms with Gasteiger partial charge in [-0.05, 0) is 82.8 Å². The summed E-state index contributed by atoms with van der Waals surface area (Å²) in [5, 5.41) is 21.6. The second kappa shape index (κ2) is 18.6. The molecule has 1 unspecified atom stereocenters. The summed E-state index contributed by atoms with van der Waals surface area (Å²) in [5.74, 6) is 1.57. The number of ether oxygens (including phenoxy) is 2. The number of fused-ring (bicyclic) bond motifs is 2. The average molecular weight is 862 g/mol. The zero-order valence-electron chi connectivity index (χ0n) is 33.6. The topological polar surface area (TPSA) is 135 Å². The first-order chi connectivity index (χ1) is 29.4. The lowest BCUT2D eigenvalue weighted by Gasteiger charge is -2.29. The normalized spacial score (nSPS) is 14.5. The van der Waals surface area contributed by atoms with Gasteiger partial charge in [0.05, 0.1) is 86.1 Å². The molecule has 0 spiro atoms. The molecule has 0 fully saturated rings. The van der Waals surface area contributed by atoms with E-state index in [-0.39, 0.29) is 6.04 Å². The summed E-state index contributed by atoms with van der Waals surface area (Å²) in [6.45, 7) is 5.81. The molecule has 302 valence electrons.